The van der Waals surface area contributed by atoms with E-state index in [0.717, 1.165) is 0 Å². The molecular formula is H4Li3Na. The second-order valence-corrected chi connectivity index (χ2v) is 0. The monoisotopic (exact) mass is 48.1 g/mol. The molecule has 0 aliphatic heterocycles. The van der Waals surface area contributed by atoms with E-state index in [1.807, 2.05) is 0 Å². The van der Waals surface area contributed by atoms with Gasteiger partial charge in [0.05, 0.1) is 0 Å². The van der Waals surface area contributed by atoms with Gasteiger partial charge in [-0.25, -0.2) is 0 Å². The molecule has 0 nitrogen and oxygen atoms in total. The smallest absolute Gasteiger partial charge is 1.00 e. The molecule has 4 heteroatoms. The summed E-state index contributed by atoms with van der Waals surface area (Å²) in [6, 6.07) is 0. The van der Waals surface area contributed by atoms with Gasteiger partial charge in [0.2, 0.25) is 0 Å². The van der Waals surface area contributed by atoms with Crippen molar-refractivity contribution in [3.63, 3.8) is 0 Å². The first-order chi connectivity index (χ1) is 0. The van der Waals surface area contributed by atoms with Crippen LogP contribution < -0.4 is 86.1 Å². The summed E-state index contributed by atoms with van der Waals surface area (Å²) in [4.78, 5) is 0. The Bertz CT molecular complexity index is 11.2. The molecule has 8 valence electrons. The maximum Gasteiger partial charge on any atom is 1.00 e. The van der Waals surface area contributed by atoms with Gasteiger partial charge in [0, 0.05) is 0 Å². The maximum atomic E-state index is 0. The van der Waals surface area contributed by atoms with Crippen LogP contribution in [0.3, 0.4) is 0 Å². The van der Waals surface area contributed by atoms with Crippen molar-refractivity contribution >= 4 is 0 Å². The predicted molar refractivity (Wildman–Crippen MR) is 4.45 cm³/mol. The van der Waals surface area contributed by atoms with Crippen LogP contribution in [-0.4, -0.2) is 0 Å². The maximum absolute atomic E-state index is 0. The fourth-order valence-electron chi connectivity index (χ4n) is 0. The van der Waals surface area contributed by atoms with Gasteiger partial charge in [-0.1, -0.05) is 0 Å². The summed E-state index contributed by atoms with van der Waals surface area (Å²) in [7, 11) is 0. The van der Waals surface area contributed by atoms with E-state index in [0.29, 0.717) is 0 Å². The van der Waals surface area contributed by atoms with E-state index in [1.165, 1.54) is 0 Å². The molecule has 0 rings (SSSR count). The molecule has 0 aromatic rings. The molecule has 0 fully saturated rings. The third-order valence-electron chi connectivity index (χ3n) is 0. The van der Waals surface area contributed by atoms with Crippen LogP contribution in [0.15, 0.2) is 0 Å². The Morgan fingerprint density at radius 2 is 0.750 bits per heavy atom. The van der Waals surface area contributed by atoms with Crippen molar-refractivity contribution in [2.24, 2.45) is 0 Å². The first-order valence-electron chi connectivity index (χ1n) is 0. The van der Waals surface area contributed by atoms with Gasteiger partial charge in [-0.3, -0.25) is 0 Å². The molecule has 0 spiro atoms. The molecule has 0 radical (unpaired) electrons. The van der Waals surface area contributed by atoms with E-state index < -0.39 is 0 Å². The van der Waals surface area contributed by atoms with Crippen LogP contribution in [-0.2, 0) is 0 Å². The van der Waals surface area contributed by atoms with Crippen LogP contribution in [0.4, 0.5) is 0 Å². The van der Waals surface area contributed by atoms with E-state index >= 15 is 0 Å². The predicted octanol–water partition coefficient (Wildman–Crippen LogP) is -11.5. The Balaban J connectivity index is 0. The van der Waals surface area contributed by atoms with Gasteiger partial charge in [0.15, 0.2) is 0 Å². The van der Waals surface area contributed by atoms with Gasteiger partial charge in [-0.2, -0.15) is 0 Å². The quantitative estimate of drug-likeness (QED) is 0.238. The molecule has 0 saturated carbocycles. The molecule has 0 heterocycles. The molecule has 0 aromatic heterocycles. The molecule has 0 aliphatic rings. The minimum atomic E-state index is 0. The topological polar surface area (TPSA) is 0 Å². The van der Waals surface area contributed by atoms with Crippen LogP contribution in [0.1, 0.15) is 5.71 Å². The minimum absolute atomic E-state index is 0. The van der Waals surface area contributed by atoms with E-state index in [4.69, 9.17) is 0 Å². The van der Waals surface area contributed by atoms with Crippen molar-refractivity contribution in [1.82, 2.24) is 0 Å². The zero-order valence-corrected chi connectivity index (χ0v) is 6.00. The molecule has 0 amide bonds. The molecule has 0 aromatic carbocycles. The number of hydrogen-bond acceptors (Lipinski definition) is 0. The summed E-state index contributed by atoms with van der Waals surface area (Å²) in [5, 5.41) is 0. The average Bonchev–Trinajstić information content (AvgIpc) is 0. The van der Waals surface area contributed by atoms with Gasteiger partial charge in [0.1, 0.15) is 0 Å². The van der Waals surface area contributed by atoms with Gasteiger partial charge >= 0.3 is 86.1 Å². The van der Waals surface area contributed by atoms with Crippen molar-refractivity contribution in [3.8, 4) is 0 Å². The fraction of sp³-hybridized carbons (Fsp3) is 0. The molecule has 0 aliphatic carbocycles. The number of rotatable bonds is 0. The average molecular weight is 47.8 g/mol. The molecule has 0 bridgehead atoms. The molecule has 0 atom stereocenters. The Labute approximate surface area is 90.6 Å². The Hall–Kier alpha value is 2.79. The Kier molecular flexibility index (Phi) is 125. The summed E-state index contributed by atoms with van der Waals surface area (Å²) in [5.74, 6) is 0. The zero-order valence-electron chi connectivity index (χ0n) is 8.00. The van der Waals surface area contributed by atoms with Gasteiger partial charge in [-0.15, -0.1) is 0 Å². The standard InChI is InChI=1S/3Li.Na.4H/q4*+1;4*-1. The summed E-state index contributed by atoms with van der Waals surface area (Å²) >= 11 is 0. The molecular weight excluding hydrogens is 43.8 g/mol. The van der Waals surface area contributed by atoms with Crippen molar-refractivity contribution in [2.75, 3.05) is 0 Å². The van der Waals surface area contributed by atoms with Crippen molar-refractivity contribution in [2.45, 2.75) is 0 Å². The molecule has 4 heavy (non-hydrogen) atoms. The van der Waals surface area contributed by atoms with Crippen LogP contribution in [0, 0.1) is 0 Å². The van der Waals surface area contributed by atoms with E-state index in [2.05, 4.69) is 0 Å². The van der Waals surface area contributed by atoms with E-state index in [-0.39, 0.29) is 91.8 Å². The molecule has 0 N–H and O–H groups in total. The second-order valence-electron chi connectivity index (χ2n) is 0. The third kappa shape index (κ3) is 8.84. The van der Waals surface area contributed by atoms with Crippen LogP contribution in [0.25, 0.3) is 0 Å². The molecule has 0 saturated heterocycles. The third-order valence-corrected chi connectivity index (χ3v) is 0. The first kappa shape index (κ1) is 29.2. The van der Waals surface area contributed by atoms with Crippen molar-refractivity contribution in [3.05, 3.63) is 0 Å². The zero-order chi connectivity index (χ0) is 0. The van der Waals surface area contributed by atoms with E-state index in [1.54, 1.807) is 0 Å². The van der Waals surface area contributed by atoms with E-state index in [9.17, 15) is 0 Å². The summed E-state index contributed by atoms with van der Waals surface area (Å²) < 4.78 is 0. The summed E-state index contributed by atoms with van der Waals surface area (Å²) in [5.41, 5.74) is 0. The first-order valence-corrected chi connectivity index (χ1v) is 0. The number of hydrogen-bond donors (Lipinski definition) is 0. The SMILES string of the molecule is [H-].[H-].[H-].[H-].[Li+].[Li+].[Li+].[Na+]. The van der Waals surface area contributed by atoms with Crippen molar-refractivity contribution < 1.29 is 91.8 Å². The van der Waals surface area contributed by atoms with Crippen LogP contribution in [0.2, 0.25) is 0 Å². The normalized spacial score (nSPS) is 0. The van der Waals surface area contributed by atoms with Crippen molar-refractivity contribution in [1.29, 1.82) is 0 Å². The van der Waals surface area contributed by atoms with Gasteiger partial charge in [0.25, 0.3) is 0 Å². The minimum Gasteiger partial charge on any atom is -1.00 e. The Morgan fingerprint density at radius 1 is 0.750 bits per heavy atom. The largest absolute Gasteiger partial charge is 1.00 e. The van der Waals surface area contributed by atoms with Crippen LogP contribution in [0.5, 0.6) is 0 Å². The Morgan fingerprint density at radius 3 is 0.750 bits per heavy atom. The summed E-state index contributed by atoms with van der Waals surface area (Å²) in [6.07, 6.45) is 0. The van der Waals surface area contributed by atoms with Gasteiger partial charge in [-0.05, 0) is 0 Å². The fourth-order valence-corrected chi connectivity index (χ4v) is 0. The molecule has 0 unspecified atom stereocenters. The van der Waals surface area contributed by atoms with Gasteiger partial charge < -0.3 is 5.71 Å². The summed E-state index contributed by atoms with van der Waals surface area (Å²) in [6.45, 7) is 0. The van der Waals surface area contributed by atoms with Crippen LogP contribution >= 0.6 is 0 Å². The second kappa shape index (κ2) is 17.1.